The largest absolute Gasteiger partial charge is 0.378 e. The Morgan fingerprint density at radius 1 is 1.25 bits per heavy atom. The highest BCUT2D eigenvalue weighted by atomic mass is 127. The molecule has 2 unspecified atom stereocenters. The van der Waals surface area contributed by atoms with E-state index in [9.17, 15) is 13.2 Å². The first-order chi connectivity index (χ1) is 12.8. The summed E-state index contributed by atoms with van der Waals surface area (Å²) in [5.74, 6) is 1.18. The second kappa shape index (κ2) is 14.4. The lowest BCUT2D eigenvalue weighted by atomic mass is 10.0. The highest BCUT2D eigenvalue weighted by Gasteiger charge is 2.28. The molecule has 0 bridgehead atoms. The lowest BCUT2D eigenvalue weighted by Crippen LogP contribution is -2.41. The first-order valence-corrected chi connectivity index (χ1v) is 11.7. The summed E-state index contributed by atoms with van der Waals surface area (Å²) in [6.07, 6.45) is 1.81. The summed E-state index contributed by atoms with van der Waals surface area (Å²) in [6.45, 7) is 10.8. The van der Waals surface area contributed by atoms with Crippen molar-refractivity contribution in [1.29, 1.82) is 0 Å². The Morgan fingerprint density at radius 2 is 1.96 bits per heavy atom. The minimum Gasteiger partial charge on any atom is -0.378 e. The van der Waals surface area contributed by atoms with Gasteiger partial charge in [-0.15, -0.1) is 24.0 Å². The molecule has 1 rings (SSSR count). The zero-order valence-electron chi connectivity index (χ0n) is 17.5. The van der Waals surface area contributed by atoms with Gasteiger partial charge >= 0.3 is 0 Å². The number of amides is 1. The third-order valence-electron chi connectivity index (χ3n) is 4.39. The van der Waals surface area contributed by atoms with Crippen LogP contribution in [0.25, 0.3) is 0 Å². The van der Waals surface area contributed by atoms with Crippen LogP contribution in [0.2, 0.25) is 0 Å². The zero-order chi connectivity index (χ0) is 20.3. The monoisotopic (exact) mass is 532 g/mol. The summed E-state index contributed by atoms with van der Waals surface area (Å²) in [5.41, 5.74) is 0. The van der Waals surface area contributed by atoms with Crippen LogP contribution in [-0.4, -0.2) is 70.2 Å². The summed E-state index contributed by atoms with van der Waals surface area (Å²) in [6, 6.07) is -0.254. The Balaban J connectivity index is 0.00000729. The topological polar surface area (TPSA) is 109 Å². The number of carbonyl (C=O) groups is 1. The van der Waals surface area contributed by atoms with Crippen LogP contribution >= 0.6 is 24.0 Å². The number of nitrogens with one attached hydrogen (secondary N) is 3. The number of sulfone groups is 1. The minimum atomic E-state index is -2.98. The van der Waals surface area contributed by atoms with E-state index in [1.165, 1.54) is 0 Å². The molecule has 0 aromatic carbocycles. The molecule has 10 heteroatoms. The Morgan fingerprint density at radius 3 is 2.50 bits per heavy atom. The third-order valence-corrected chi connectivity index (χ3v) is 6.16. The molecule has 8 nitrogen and oxygen atoms in total. The molecular formula is C18H37IN4O4S. The van der Waals surface area contributed by atoms with Crippen molar-refractivity contribution in [3.05, 3.63) is 0 Å². The summed E-state index contributed by atoms with van der Waals surface area (Å²) in [4.78, 5) is 16.5. The van der Waals surface area contributed by atoms with Gasteiger partial charge < -0.3 is 20.7 Å². The van der Waals surface area contributed by atoms with E-state index in [1.807, 2.05) is 13.8 Å². The smallest absolute Gasteiger partial charge is 0.222 e. The first kappa shape index (κ1) is 27.4. The van der Waals surface area contributed by atoms with Gasteiger partial charge in [0.2, 0.25) is 5.91 Å². The van der Waals surface area contributed by atoms with Crippen LogP contribution in [0, 0.1) is 5.92 Å². The number of halogens is 1. The normalized spacial score (nSPS) is 19.8. The van der Waals surface area contributed by atoms with Crippen molar-refractivity contribution in [3.63, 3.8) is 0 Å². The molecule has 2 atom stereocenters. The van der Waals surface area contributed by atoms with Gasteiger partial charge in [-0.3, -0.25) is 9.79 Å². The lowest BCUT2D eigenvalue weighted by molar-refractivity contribution is -0.121. The number of aliphatic imine (C=N–C) groups is 1. The highest BCUT2D eigenvalue weighted by Crippen LogP contribution is 2.11. The molecule has 1 amide bonds. The van der Waals surface area contributed by atoms with Crippen molar-refractivity contribution in [3.8, 4) is 0 Å². The van der Waals surface area contributed by atoms with Crippen molar-refractivity contribution in [2.24, 2.45) is 10.9 Å². The maximum atomic E-state index is 12.0. The molecule has 3 N–H and O–H groups in total. The molecule has 166 valence electrons. The lowest BCUT2D eigenvalue weighted by Gasteiger charge is -2.20. The summed E-state index contributed by atoms with van der Waals surface area (Å²) < 4.78 is 28.6. The van der Waals surface area contributed by atoms with E-state index in [0.717, 1.165) is 13.0 Å². The molecule has 28 heavy (non-hydrogen) atoms. The van der Waals surface area contributed by atoms with Gasteiger partial charge in [-0.25, -0.2) is 8.42 Å². The fraction of sp³-hybridized carbons (Fsp3) is 0.889. The highest BCUT2D eigenvalue weighted by molar-refractivity contribution is 14.0. The van der Waals surface area contributed by atoms with Crippen LogP contribution in [0.1, 0.15) is 47.0 Å². The average Bonchev–Trinajstić information content (AvgIpc) is 2.92. The molecule has 1 aliphatic rings. The number of guanidine groups is 1. The summed E-state index contributed by atoms with van der Waals surface area (Å²) >= 11 is 0. The third kappa shape index (κ3) is 11.4. The summed E-state index contributed by atoms with van der Waals surface area (Å²) in [5, 5.41) is 9.10. The Labute approximate surface area is 187 Å². The van der Waals surface area contributed by atoms with E-state index < -0.39 is 9.84 Å². The van der Waals surface area contributed by atoms with Crippen LogP contribution < -0.4 is 16.0 Å². The number of carbonyl (C=O) groups excluding carboxylic acids is 1. The van der Waals surface area contributed by atoms with Crippen molar-refractivity contribution in [2.75, 3.05) is 37.7 Å². The Kier molecular flexibility index (Phi) is 14.1. The molecule has 0 aromatic rings. The van der Waals surface area contributed by atoms with Crippen molar-refractivity contribution in [1.82, 2.24) is 16.0 Å². The van der Waals surface area contributed by atoms with Crippen LogP contribution in [0.3, 0.4) is 0 Å². The van der Waals surface area contributed by atoms with Crippen LogP contribution in [-0.2, 0) is 19.4 Å². The molecule has 1 fully saturated rings. The Hall–Kier alpha value is -0.620. The quantitative estimate of drug-likeness (QED) is 0.210. The van der Waals surface area contributed by atoms with Gasteiger partial charge in [-0.2, -0.15) is 0 Å². The SMILES string of the molecule is CCNC(=NCCC(OCC)C(C)C)NCCC(=O)NC1CCS(=O)(=O)C1.I. The van der Waals surface area contributed by atoms with Crippen molar-refractivity contribution >= 4 is 45.7 Å². The fourth-order valence-corrected chi connectivity index (χ4v) is 4.65. The average molecular weight is 532 g/mol. The number of hydrogen-bond acceptors (Lipinski definition) is 5. The maximum Gasteiger partial charge on any atom is 0.222 e. The molecular weight excluding hydrogens is 495 g/mol. The van der Waals surface area contributed by atoms with Gasteiger partial charge in [-0.1, -0.05) is 13.8 Å². The second-order valence-corrected chi connectivity index (χ2v) is 9.36. The first-order valence-electron chi connectivity index (χ1n) is 9.91. The van der Waals surface area contributed by atoms with E-state index in [0.29, 0.717) is 38.0 Å². The standard InChI is InChI=1S/C18H36N4O4S.HI/c1-5-19-18(20-10-7-16(14(3)4)26-6-2)21-11-8-17(23)22-15-9-12-27(24,25)13-15;/h14-16H,5-13H2,1-4H3,(H,22,23)(H2,19,20,21);1H. The van der Waals surface area contributed by atoms with Crippen LogP contribution in [0.4, 0.5) is 0 Å². The fourth-order valence-electron chi connectivity index (χ4n) is 2.97. The molecule has 0 spiro atoms. The van der Waals surface area contributed by atoms with Gasteiger partial charge in [0, 0.05) is 38.7 Å². The van der Waals surface area contributed by atoms with E-state index in [1.54, 1.807) is 0 Å². The summed E-state index contributed by atoms with van der Waals surface area (Å²) in [7, 11) is -2.98. The molecule has 1 saturated heterocycles. The molecule has 1 aliphatic heterocycles. The van der Waals surface area contributed by atoms with Gasteiger partial charge in [-0.05, 0) is 32.6 Å². The maximum absolute atomic E-state index is 12.0. The van der Waals surface area contributed by atoms with Gasteiger partial charge in [0.15, 0.2) is 15.8 Å². The molecule has 0 aromatic heterocycles. The van der Waals surface area contributed by atoms with Crippen LogP contribution in [0.15, 0.2) is 4.99 Å². The number of nitrogens with zero attached hydrogens (tertiary/aromatic N) is 1. The van der Waals surface area contributed by atoms with Gasteiger partial charge in [0.25, 0.3) is 0 Å². The van der Waals surface area contributed by atoms with Gasteiger partial charge in [0.1, 0.15) is 0 Å². The second-order valence-electron chi connectivity index (χ2n) is 7.13. The Bertz CT molecular complexity index is 584. The molecule has 0 radical (unpaired) electrons. The number of rotatable bonds is 11. The van der Waals surface area contributed by atoms with Crippen molar-refractivity contribution < 1.29 is 17.9 Å². The van der Waals surface area contributed by atoms with Crippen LogP contribution in [0.5, 0.6) is 0 Å². The van der Waals surface area contributed by atoms with Gasteiger partial charge in [0.05, 0.1) is 17.6 Å². The minimum absolute atomic E-state index is 0. The predicted octanol–water partition coefficient (Wildman–Crippen LogP) is 1.30. The van der Waals surface area contributed by atoms with Crippen molar-refractivity contribution in [2.45, 2.75) is 59.1 Å². The molecule has 0 aliphatic carbocycles. The molecule has 1 heterocycles. The number of hydrogen-bond donors (Lipinski definition) is 3. The zero-order valence-corrected chi connectivity index (χ0v) is 20.6. The number of ether oxygens (including phenoxy) is 1. The van der Waals surface area contributed by atoms with E-state index in [2.05, 4.69) is 34.8 Å². The van der Waals surface area contributed by atoms with E-state index in [-0.39, 0.29) is 60.0 Å². The van der Waals surface area contributed by atoms with E-state index in [4.69, 9.17) is 4.74 Å². The van der Waals surface area contributed by atoms with E-state index >= 15 is 0 Å². The predicted molar refractivity (Wildman–Crippen MR) is 124 cm³/mol. The molecule has 0 saturated carbocycles.